The van der Waals surface area contributed by atoms with Gasteiger partial charge in [0.2, 0.25) is 0 Å². The molecule has 1 atom stereocenters. The highest BCUT2D eigenvalue weighted by atomic mass is 15.1. The van der Waals surface area contributed by atoms with Crippen LogP contribution in [0.5, 0.6) is 0 Å². The average molecular weight is 288 g/mol. The molecule has 0 amide bonds. The van der Waals surface area contributed by atoms with Crippen molar-refractivity contribution in [3.8, 4) is 0 Å². The minimum absolute atomic E-state index is 0.538. The minimum atomic E-state index is 0.538. The molecule has 1 unspecified atom stereocenters. The van der Waals surface area contributed by atoms with Gasteiger partial charge in [0.15, 0.2) is 0 Å². The quantitative estimate of drug-likeness (QED) is 0.778. The van der Waals surface area contributed by atoms with Crippen LogP contribution in [0.1, 0.15) is 64.5 Å². The Morgan fingerprint density at radius 1 is 1.29 bits per heavy atom. The van der Waals surface area contributed by atoms with E-state index < -0.39 is 0 Å². The summed E-state index contributed by atoms with van der Waals surface area (Å²) < 4.78 is 0. The Hall–Kier alpha value is -1.02. The molecule has 1 aliphatic rings. The van der Waals surface area contributed by atoms with Crippen molar-refractivity contribution in [1.29, 1.82) is 0 Å². The molecule has 1 aromatic carbocycles. The lowest BCUT2D eigenvalue weighted by atomic mass is 10.0. The van der Waals surface area contributed by atoms with Gasteiger partial charge in [-0.2, -0.15) is 0 Å². The third-order valence-electron chi connectivity index (χ3n) is 4.42. The number of nitrogens with zero attached hydrogens (tertiary/aromatic N) is 1. The van der Waals surface area contributed by atoms with Crippen molar-refractivity contribution in [3.63, 3.8) is 0 Å². The fourth-order valence-electron chi connectivity index (χ4n) is 3.29. The highest BCUT2D eigenvalue weighted by Gasteiger charge is 2.21. The molecule has 0 aromatic heterocycles. The Kier molecular flexibility index (Phi) is 6.56. The Labute approximate surface area is 130 Å². The van der Waals surface area contributed by atoms with Gasteiger partial charge in [-0.3, -0.25) is 0 Å². The molecule has 118 valence electrons. The normalized spacial score (nSPS) is 18.7. The second-order valence-electron chi connectivity index (χ2n) is 6.73. The Bertz CT molecular complexity index is 414. The second kappa shape index (κ2) is 8.43. The molecule has 0 radical (unpaired) electrons. The first-order valence-electron chi connectivity index (χ1n) is 8.79. The Morgan fingerprint density at radius 3 is 2.86 bits per heavy atom. The van der Waals surface area contributed by atoms with E-state index in [1.807, 2.05) is 0 Å². The molecule has 0 spiro atoms. The van der Waals surface area contributed by atoms with Crippen molar-refractivity contribution >= 4 is 5.69 Å². The van der Waals surface area contributed by atoms with Crippen molar-refractivity contribution < 1.29 is 0 Å². The van der Waals surface area contributed by atoms with Crippen LogP contribution in [0.25, 0.3) is 0 Å². The SMILES string of the molecule is CCCNC1CCCN(CCCC(C)C)c2ccccc21. The molecule has 0 saturated heterocycles. The predicted molar refractivity (Wildman–Crippen MR) is 93.0 cm³/mol. The molecule has 0 bridgehead atoms. The highest BCUT2D eigenvalue weighted by Crippen LogP contribution is 2.33. The summed E-state index contributed by atoms with van der Waals surface area (Å²) in [6.07, 6.45) is 6.39. The van der Waals surface area contributed by atoms with Gasteiger partial charge in [-0.1, -0.05) is 39.0 Å². The van der Waals surface area contributed by atoms with Gasteiger partial charge in [-0.25, -0.2) is 0 Å². The smallest absolute Gasteiger partial charge is 0.0414 e. The van der Waals surface area contributed by atoms with Crippen LogP contribution >= 0.6 is 0 Å². The maximum absolute atomic E-state index is 3.74. The van der Waals surface area contributed by atoms with Crippen molar-refractivity contribution in [2.45, 2.75) is 58.9 Å². The van der Waals surface area contributed by atoms with Crippen LogP contribution in [0.3, 0.4) is 0 Å². The first-order valence-corrected chi connectivity index (χ1v) is 8.79. The molecule has 0 saturated carbocycles. The molecule has 1 aromatic rings. The van der Waals surface area contributed by atoms with E-state index in [0.717, 1.165) is 12.5 Å². The number of anilines is 1. The van der Waals surface area contributed by atoms with Crippen molar-refractivity contribution in [2.24, 2.45) is 5.92 Å². The van der Waals surface area contributed by atoms with Crippen LogP contribution < -0.4 is 10.2 Å². The lowest BCUT2D eigenvalue weighted by Crippen LogP contribution is -2.26. The van der Waals surface area contributed by atoms with Gasteiger partial charge in [0.1, 0.15) is 0 Å². The summed E-state index contributed by atoms with van der Waals surface area (Å²) in [6, 6.07) is 9.56. The van der Waals surface area contributed by atoms with E-state index in [0.29, 0.717) is 6.04 Å². The van der Waals surface area contributed by atoms with Crippen LogP contribution in [0, 0.1) is 5.92 Å². The molecule has 1 aliphatic heterocycles. The number of hydrogen-bond donors (Lipinski definition) is 1. The lowest BCUT2D eigenvalue weighted by molar-refractivity contribution is 0.494. The number of rotatable bonds is 7. The molecule has 2 heteroatoms. The van der Waals surface area contributed by atoms with Gasteiger partial charge in [-0.05, 0) is 56.2 Å². The van der Waals surface area contributed by atoms with Gasteiger partial charge in [0, 0.05) is 24.8 Å². The third kappa shape index (κ3) is 4.74. The molecule has 0 fully saturated rings. The maximum Gasteiger partial charge on any atom is 0.0414 e. The summed E-state index contributed by atoms with van der Waals surface area (Å²) in [4.78, 5) is 2.62. The topological polar surface area (TPSA) is 15.3 Å². The van der Waals surface area contributed by atoms with E-state index in [1.54, 1.807) is 0 Å². The zero-order valence-electron chi connectivity index (χ0n) is 14.1. The summed E-state index contributed by atoms with van der Waals surface area (Å²) in [7, 11) is 0. The predicted octanol–water partition coefficient (Wildman–Crippen LogP) is 4.76. The summed E-state index contributed by atoms with van der Waals surface area (Å²) in [6.45, 7) is 10.4. The molecule has 0 aliphatic carbocycles. The van der Waals surface area contributed by atoms with E-state index in [9.17, 15) is 0 Å². The van der Waals surface area contributed by atoms with Gasteiger partial charge in [0.05, 0.1) is 0 Å². The van der Waals surface area contributed by atoms with Crippen LogP contribution in [0.4, 0.5) is 5.69 Å². The summed E-state index contributed by atoms with van der Waals surface area (Å²) in [5.41, 5.74) is 2.97. The lowest BCUT2D eigenvalue weighted by Gasteiger charge is -2.26. The zero-order valence-corrected chi connectivity index (χ0v) is 14.1. The van der Waals surface area contributed by atoms with E-state index in [4.69, 9.17) is 0 Å². The molecule has 2 nitrogen and oxygen atoms in total. The van der Waals surface area contributed by atoms with E-state index in [1.165, 1.54) is 56.4 Å². The molecule has 2 rings (SSSR count). The van der Waals surface area contributed by atoms with Crippen LogP contribution in [0.2, 0.25) is 0 Å². The van der Waals surface area contributed by atoms with Gasteiger partial charge >= 0.3 is 0 Å². The first kappa shape index (κ1) is 16.4. The van der Waals surface area contributed by atoms with Crippen LogP contribution in [-0.4, -0.2) is 19.6 Å². The van der Waals surface area contributed by atoms with E-state index >= 15 is 0 Å². The fraction of sp³-hybridized carbons (Fsp3) is 0.684. The largest absolute Gasteiger partial charge is 0.371 e. The number of para-hydroxylation sites is 1. The van der Waals surface area contributed by atoms with Gasteiger partial charge < -0.3 is 10.2 Å². The van der Waals surface area contributed by atoms with Crippen molar-refractivity contribution in [1.82, 2.24) is 5.32 Å². The maximum atomic E-state index is 3.74. The molecule has 21 heavy (non-hydrogen) atoms. The van der Waals surface area contributed by atoms with Gasteiger partial charge in [0.25, 0.3) is 0 Å². The molecular formula is C19H32N2. The number of hydrogen-bond acceptors (Lipinski definition) is 2. The minimum Gasteiger partial charge on any atom is -0.371 e. The van der Waals surface area contributed by atoms with Crippen molar-refractivity contribution in [2.75, 3.05) is 24.5 Å². The second-order valence-corrected chi connectivity index (χ2v) is 6.73. The highest BCUT2D eigenvalue weighted by molar-refractivity contribution is 5.55. The zero-order chi connectivity index (χ0) is 15.1. The average Bonchev–Trinajstić information content (AvgIpc) is 2.65. The summed E-state index contributed by atoms with van der Waals surface area (Å²) in [5, 5.41) is 3.74. The standard InChI is InChI=1S/C19H32N2/c1-4-13-20-18-11-8-15-21(14-7-9-16(2)3)19-12-6-5-10-17(18)19/h5-6,10,12,16,18,20H,4,7-9,11,13-15H2,1-3H3. The molecule has 1 N–H and O–H groups in total. The van der Waals surface area contributed by atoms with E-state index in [2.05, 4.69) is 55.3 Å². The number of benzene rings is 1. The third-order valence-corrected chi connectivity index (χ3v) is 4.42. The van der Waals surface area contributed by atoms with E-state index in [-0.39, 0.29) is 0 Å². The molecule has 1 heterocycles. The summed E-state index contributed by atoms with van der Waals surface area (Å²) >= 11 is 0. The Balaban J connectivity index is 2.09. The summed E-state index contributed by atoms with van der Waals surface area (Å²) in [5.74, 6) is 0.811. The number of nitrogens with one attached hydrogen (secondary N) is 1. The van der Waals surface area contributed by atoms with Crippen LogP contribution in [0.15, 0.2) is 24.3 Å². The number of fused-ring (bicyclic) bond motifs is 1. The fourth-order valence-corrected chi connectivity index (χ4v) is 3.29. The van der Waals surface area contributed by atoms with Crippen molar-refractivity contribution in [3.05, 3.63) is 29.8 Å². The van der Waals surface area contributed by atoms with Crippen LogP contribution in [-0.2, 0) is 0 Å². The monoisotopic (exact) mass is 288 g/mol. The molecular weight excluding hydrogens is 256 g/mol. The first-order chi connectivity index (χ1) is 10.2. The van der Waals surface area contributed by atoms with Gasteiger partial charge in [-0.15, -0.1) is 0 Å². The Morgan fingerprint density at radius 2 is 2.10 bits per heavy atom.